The molecule has 1 nitrogen and oxygen atoms in total. The zero-order valence-corrected chi connectivity index (χ0v) is 32.0. The molecule has 0 amide bonds. The molecule has 1 heteroatoms. The second-order valence-electron chi connectivity index (χ2n) is 16.7. The quantitative estimate of drug-likeness (QED) is 0.163. The van der Waals surface area contributed by atoms with Gasteiger partial charge in [-0.25, -0.2) is 0 Å². The van der Waals surface area contributed by atoms with Crippen molar-refractivity contribution in [2.24, 2.45) is 0 Å². The molecule has 0 aromatic heterocycles. The standard InChI is InChI=1S/C58H34O/c1-2-15-37-32-53-46(31-36(37)14-1)44-20-8-12-24-50(44)58(53)49-23-11-7-19-43(49)45-28-25-38(33-52(45)58)39-27-30-55-54(34-39)57(51-29-26-35-13-3-4-16-40(35)56(51)59-55)47-21-9-5-17-41(47)42-18-6-10-22-48(42)57/h1-34H. The molecule has 0 saturated heterocycles. The maximum Gasteiger partial charge on any atom is 0.140 e. The summed E-state index contributed by atoms with van der Waals surface area (Å²) in [6.45, 7) is 0. The second kappa shape index (κ2) is 11.1. The van der Waals surface area contributed by atoms with Crippen molar-refractivity contribution in [3.05, 3.63) is 251 Å². The van der Waals surface area contributed by atoms with E-state index in [1.54, 1.807) is 0 Å². The molecule has 3 aliphatic carbocycles. The van der Waals surface area contributed by atoms with Gasteiger partial charge in [0.2, 0.25) is 0 Å². The summed E-state index contributed by atoms with van der Waals surface area (Å²) in [4.78, 5) is 0. The minimum Gasteiger partial charge on any atom is -0.456 e. The fourth-order valence-corrected chi connectivity index (χ4v) is 11.8. The predicted octanol–water partition coefficient (Wildman–Crippen LogP) is 14.5. The number of fused-ring (bicyclic) bond motifs is 22. The molecule has 2 spiro atoms. The Kier molecular flexibility index (Phi) is 5.96. The molecule has 10 aromatic carbocycles. The van der Waals surface area contributed by atoms with Crippen LogP contribution in [-0.2, 0) is 10.8 Å². The van der Waals surface area contributed by atoms with Gasteiger partial charge < -0.3 is 4.74 Å². The largest absolute Gasteiger partial charge is 0.456 e. The molecule has 1 aliphatic heterocycles. The molecule has 0 bridgehead atoms. The molecule has 272 valence electrons. The Morgan fingerprint density at radius 2 is 0.729 bits per heavy atom. The molecule has 1 atom stereocenters. The van der Waals surface area contributed by atoms with Crippen molar-refractivity contribution in [3.63, 3.8) is 0 Å². The van der Waals surface area contributed by atoms with Crippen molar-refractivity contribution in [2.75, 3.05) is 0 Å². The number of benzene rings is 10. The van der Waals surface area contributed by atoms with Gasteiger partial charge in [-0.3, -0.25) is 0 Å². The summed E-state index contributed by atoms with van der Waals surface area (Å²) < 4.78 is 7.10. The molecule has 0 fully saturated rings. The van der Waals surface area contributed by atoms with Gasteiger partial charge in [-0.15, -0.1) is 0 Å². The van der Waals surface area contributed by atoms with Gasteiger partial charge in [0.25, 0.3) is 0 Å². The van der Waals surface area contributed by atoms with Gasteiger partial charge in [-0.05, 0) is 124 Å². The van der Waals surface area contributed by atoms with E-state index in [0.29, 0.717) is 0 Å². The Morgan fingerprint density at radius 3 is 1.37 bits per heavy atom. The van der Waals surface area contributed by atoms with Gasteiger partial charge in [0, 0.05) is 16.5 Å². The van der Waals surface area contributed by atoms with Crippen molar-refractivity contribution in [3.8, 4) is 56.0 Å². The number of rotatable bonds is 1. The summed E-state index contributed by atoms with van der Waals surface area (Å²) in [5.74, 6) is 1.85. The molecule has 0 N–H and O–H groups in total. The summed E-state index contributed by atoms with van der Waals surface area (Å²) >= 11 is 0. The topological polar surface area (TPSA) is 9.23 Å². The zero-order chi connectivity index (χ0) is 38.5. The third kappa shape index (κ3) is 3.77. The van der Waals surface area contributed by atoms with E-state index in [9.17, 15) is 0 Å². The lowest BCUT2D eigenvalue weighted by Crippen LogP contribution is -2.32. The molecule has 0 radical (unpaired) electrons. The van der Waals surface area contributed by atoms with Gasteiger partial charge in [-0.1, -0.05) is 176 Å². The zero-order valence-electron chi connectivity index (χ0n) is 32.0. The molecule has 4 aliphatic rings. The minimum absolute atomic E-state index is 0.445. The molecule has 14 rings (SSSR count). The number of hydrogen-bond donors (Lipinski definition) is 0. The lowest BCUT2D eigenvalue weighted by atomic mass is 9.65. The van der Waals surface area contributed by atoms with E-state index in [1.807, 2.05) is 0 Å². The first-order chi connectivity index (χ1) is 29.2. The molecule has 10 aromatic rings. The van der Waals surface area contributed by atoms with E-state index in [4.69, 9.17) is 4.74 Å². The van der Waals surface area contributed by atoms with Gasteiger partial charge in [0.15, 0.2) is 0 Å². The third-order valence-corrected chi connectivity index (χ3v) is 14.1. The predicted molar refractivity (Wildman–Crippen MR) is 241 cm³/mol. The van der Waals surface area contributed by atoms with Crippen molar-refractivity contribution >= 4 is 21.5 Å². The van der Waals surface area contributed by atoms with Crippen LogP contribution in [0.2, 0.25) is 0 Å². The first kappa shape index (κ1) is 31.6. The summed E-state index contributed by atoms with van der Waals surface area (Å²) in [7, 11) is 0. The first-order valence-electron chi connectivity index (χ1n) is 20.7. The van der Waals surface area contributed by atoms with Crippen LogP contribution in [0.15, 0.2) is 206 Å². The van der Waals surface area contributed by atoms with Crippen molar-refractivity contribution in [1.82, 2.24) is 0 Å². The SMILES string of the molecule is c1ccc2c(c1)-c1ccc(-c3ccc4c(c3)C3(c5ccccc5-c5ccccc53)c3ccc5ccccc5c3O4)cc1C21c2ccccc2-c2cc3ccccc3cc21. The van der Waals surface area contributed by atoms with Gasteiger partial charge in [0.1, 0.15) is 11.5 Å². The molecule has 1 unspecified atom stereocenters. The maximum absolute atomic E-state index is 7.10. The average Bonchev–Trinajstić information content (AvgIpc) is 3.88. The van der Waals surface area contributed by atoms with Crippen molar-refractivity contribution < 1.29 is 4.74 Å². The normalized spacial score (nSPS) is 16.5. The molecular weight excluding hydrogens is 713 g/mol. The number of hydrogen-bond acceptors (Lipinski definition) is 1. The van der Waals surface area contributed by atoms with Crippen LogP contribution in [0.1, 0.15) is 44.5 Å². The van der Waals surface area contributed by atoms with E-state index in [1.165, 1.54) is 105 Å². The highest BCUT2D eigenvalue weighted by atomic mass is 16.5. The Balaban J connectivity index is 1.04. The van der Waals surface area contributed by atoms with E-state index < -0.39 is 10.8 Å². The van der Waals surface area contributed by atoms with Crippen LogP contribution < -0.4 is 4.74 Å². The van der Waals surface area contributed by atoms with Crippen LogP contribution in [0.25, 0.3) is 66.1 Å². The van der Waals surface area contributed by atoms with E-state index in [2.05, 4.69) is 206 Å². The summed E-state index contributed by atoms with van der Waals surface area (Å²) in [6, 6.07) is 77.3. The molecule has 59 heavy (non-hydrogen) atoms. The fourth-order valence-electron chi connectivity index (χ4n) is 11.8. The lowest BCUT2D eigenvalue weighted by Gasteiger charge is -2.40. The molecule has 0 saturated carbocycles. The Hall–Kier alpha value is -7.48. The number of ether oxygens (including phenoxy) is 1. The summed E-state index contributed by atoms with van der Waals surface area (Å²) in [6.07, 6.45) is 0. The average molecular weight is 747 g/mol. The first-order valence-corrected chi connectivity index (χ1v) is 20.7. The van der Waals surface area contributed by atoms with Crippen LogP contribution >= 0.6 is 0 Å². The third-order valence-electron chi connectivity index (χ3n) is 14.1. The van der Waals surface area contributed by atoms with Gasteiger partial charge in [-0.2, -0.15) is 0 Å². The van der Waals surface area contributed by atoms with Crippen LogP contribution in [0.5, 0.6) is 11.5 Å². The van der Waals surface area contributed by atoms with Crippen LogP contribution in [0.4, 0.5) is 0 Å². The summed E-state index contributed by atoms with van der Waals surface area (Å²) in [5.41, 5.74) is 19.6. The monoisotopic (exact) mass is 746 g/mol. The van der Waals surface area contributed by atoms with Crippen LogP contribution in [0.3, 0.4) is 0 Å². The van der Waals surface area contributed by atoms with Crippen LogP contribution in [0, 0.1) is 0 Å². The highest BCUT2D eigenvalue weighted by Gasteiger charge is 2.53. The molecular formula is C58H34O. The van der Waals surface area contributed by atoms with Crippen molar-refractivity contribution in [1.29, 1.82) is 0 Å². The minimum atomic E-state index is -0.561. The van der Waals surface area contributed by atoms with Crippen LogP contribution in [-0.4, -0.2) is 0 Å². The molecule has 1 heterocycles. The summed E-state index contributed by atoms with van der Waals surface area (Å²) in [5, 5.41) is 4.85. The second-order valence-corrected chi connectivity index (χ2v) is 16.7. The van der Waals surface area contributed by atoms with Gasteiger partial charge in [0.05, 0.1) is 10.8 Å². The van der Waals surface area contributed by atoms with Crippen molar-refractivity contribution in [2.45, 2.75) is 10.8 Å². The Morgan fingerprint density at radius 1 is 0.271 bits per heavy atom. The maximum atomic E-state index is 7.10. The van der Waals surface area contributed by atoms with E-state index >= 15 is 0 Å². The van der Waals surface area contributed by atoms with E-state index in [-0.39, 0.29) is 0 Å². The lowest BCUT2D eigenvalue weighted by molar-refractivity contribution is 0.442. The smallest absolute Gasteiger partial charge is 0.140 e. The highest BCUT2D eigenvalue weighted by molar-refractivity contribution is 6.01. The Bertz CT molecular complexity index is 3450. The highest BCUT2D eigenvalue weighted by Crippen LogP contribution is 2.65. The Labute approximate surface area is 342 Å². The van der Waals surface area contributed by atoms with Gasteiger partial charge >= 0.3 is 0 Å². The van der Waals surface area contributed by atoms with E-state index in [0.717, 1.165) is 16.9 Å². The fraction of sp³-hybridized carbons (Fsp3) is 0.0345.